The van der Waals surface area contributed by atoms with E-state index >= 15 is 0 Å². The molecule has 1 rings (SSSR count). The number of hydrogen-bond donors (Lipinski definition) is 0. The van der Waals surface area contributed by atoms with Gasteiger partial charge >= 0.3 is 36.6 Å². The Morgan fingerprint density at radius 1 is 0.464 bits per heavy atom. The normalized spacial score (nSPS) is 25.9. The van der Waals surface area contributed by atoms with Crippen LogP contribution in [0, 0.1) is 0 Å². The highest BCUT2D eigenvalue weighted by molar-refractivity contribution is 5.15. The van der Waals surface area contributed by atoms with Gasteiger partial charge in [-0.2, -0.15) is 70.2 Å². The van der Waals surface area contributed by atoms with Crippen molar-refractivity contribution in [2.45, 2.75) is 61.0 Å². The Labute approximate surface area is 142 Å². The molecule has 2 atom stereocenters. The van der Waals surface area contributed by atoms with Gasteiger partial charge in [0.05, 0.1) is 0 Å². The molecule has 0 bridgehead atoms. The van der Waals surface area contributed by atoms with Crippen LogP contribution in [0.3, 0.4) is 0 Å². The van der Waals surface area contributed by atoms with E-state index in [-0.39, 0.29) is 0 Å². The summed E-state index contributed by atoms with van der Waals surface area (Å²) in [5, 5.41) is 0. The lowest BCUT2D eigenvalue weighted by molar-refractivity contribution is -0.455. The first-order valence-electron chi connectivity index (χ1n) is 6.28. The zero-order valence-corrected chi connectivity index (χ0v) is 12.2. The topological polar surface area (TPSA) is 18.5 Å². The Balaban J connectivity index is 3.29. The Kier molecular flexibility index (Phi) is 5.91. The molecule has 168 valence electrons. The standard InChI is InChI=1S/C10H4F16O2/c11-5(12)1(27-3(7(15,16)17)8(18,19)20)2(6(5,13)14)28-4(9(21,22)23)10(24,25)26/h1-4H/t1-,2+. The van der Waals surface area contributed by atoms with Crippen LogP contribution in [0.2, 0.25) is 0 Å². The highest BCUT2D eigenvalue weighted by Gasteiger charge is 2.83. The summed E-state index contributed by atoms with van der Waals surface area (Å²) in [5.41, 5.74) is 0. The molecule has 1 saturated carbocycles. The van der Waals surface area contributed by atoms with Crippen molar-refractivity contribution in [3.63, 3.8) is 0 Å². The quantitative estimate of drug-likeness (QED) is 0.549. The summed E-state index contributed by atoms with van der Waals surface area (Å²) < 4.78 is 205. The highest BCUT2D eigenvalue weighted by atomic mass is 19.4. The minimum absolute atomic E-state index is 2.77. The average molecular weight is 460 g/mol. The zero-order valence-electron chi connectivity index (χ0n) is 12.2. The number of hydrogen-bond acceptors (Lipinski definition) is 2. The second kappa shape index (κ2) is 6.66. The van der Waals surface area contributed by atoms with E-state index in [0.717, 1.165) is 0 Å². The number of alkyl halides is 16. The van der Waals surface area contributed by atoms with Crippen LogP contribution >= 0.6 is 0 Å². The molecule has 0 aromatic rings. The second-order valence-corrected chi connectivity index (χ2v) is 5.29. The fourth-order valence-corrected chi connectivity index (χ4v) is 1.95. The Morgan fingerprint density at radius 2 is 0.643 bits per heavy atom. The number of ether oxygens (including phenoxy) is 2. The molecule has 1 aliphatic rings. The summed E-state index contributed by atoms with van der Waals surface area (Å²) in [5.74, 6) is -12.0. The largest absolute Gasteiger partial charge is 0.423 e. The third-order valence-corrected chi connectivity index (χ3v) is 3.19. The lowest BCUT2D eigenvalue weighted by atomic mass is 9.81. The Hall–Kier alpha value is -1.20. The van der Waals surface area contributed by atoms with Crippen molar-refractivity contribution in [2.24, 2.45) is 0 Å². The van der Waals surface area contributed by atoms with Gasteiger partial charge in [0.15, 0.2) is 12.2 Å². The third-order valence-electron chi connectivity index (χ3n) is 3.19. The van der Waals surface area contributed by atoms with Gasteiger partial charge in [0.1, 0.15) is 0 Å². The molecule has 1 fully saturated rings. The lowest BCUT2D eigenvalue weighted by Gasteiger charge is -2.51. The van der Waals surface area contributed by atoms with Gasteiger partial charge in [-0.1, -0.05) is 0 Å². The maximum Gasteiger partial charge on any atom is 0.423 e. The second-order valence-electron chi connectivity index (χ2n) is 5.29. The van der Waals surface area contributed by atoms with Gasteiger partial charge < -0.3 is 9.47 Å². The molecular weight excluding hydrogens is 456 g/mol. The van der Waals surface area contributed by atoms with Gasteiger partial charge in [-0.3, -0.25) is 0 Å². The molecule has 2 nitrogen and oxygen atoms in total. The molecule has 0 unspecified atom stereocenters. The maximum atomic E-state index is 13.2. The first-order chi connectivity index (χ1) is 11.9. The van der Waals surface area contributed by atoms with Crippen LogP contribution in [0.4, 0.5) is 70.2 Å². The molecule has 0 spiro atoms. The number of halogens is 16. The summed E-state index contributed by atoms with van der Waals surface area (Å²) in [6.45, 7) is 0. The van der Waals surface area contributed by atoms with Gasteiger partial charge in [-0.05, 0) is 0 Å². The zero-order chi connectivity index (χ0) is 22.7. The molecule has 18 heteroatoms. The van der Waals surface area contributed by atoms with Crippen molar-refractivity contribution in [1.82, 2.24) is 0 Å². The van der Waals surface area contributed by atoms with E-state index in [1.807, 2.05) is 0 Å². The Morgan fingerprint density at radius 3 is 0.786 bits per heavy atom. The highest BCUT2D eigenvalue weighted by Crippen LogP contribution is 2.57. The molecule has 1 aliphatic carbocycles. The van der Waals surface area contributed by atoms with Crippen LogP contribution in [-0.4, -0.2) is 61.0 Å². The summed E-state index contributed by atoms with van der Waals surface area (Å²) in [6, 6.07) is 0. The smallest absolute Gasteiger partial charge is 0.348 e. The predicted octanol–water partition coefficient (Wildman–Crippen LogP) is 5.03. The van der Waals surface area contributed by atoms with E-state index in [4.69, 9.17) is 0 Å². The molecule has 0 radical (unpaired) electrons. The molecule has 0 aliphatic heterocycles. The van der Waals surface area contributed by atoms with Crippen molar-refractivity contribution < 1.29 is 79.7 Å². The fraction of sp³-hybridized carbons (Fsp3) is 1.00. The van der Waals surface area contributed by atoms with Crippen LogP contribution in [0.15, 0.2) is 0 Å². The van der Waals surface area contributed by atoms with Crippen LogP contribution in [-0.2, 0) is 9.47 Å². The van der Waals surface area contributed by atoms with Crippen molar-refractivity contribution in [3.8, 4) is 0 Å². The molecule has 0 aromatic heterocycles. The summed E-state index contributed by atoms with van der Waals surface area (Å²) >= 11 is 0. The van der Waals surface area contributed by atoms with Crippen LogP contribution in [0.1, 0.15) is 0 Å². The van der Waals surface area contributed by atoms with Crippen LogP contribution in [0.5, 0.6) is 0 Å². The van der Waals surface area contributed by atoms with Crippen molar-refractivity contribution in [1.29, 1.82) is 0 Å². The van der Waals surface area contributed by atoms with Crippen molar-refractivity contribution >= 4 is 0 Å². The minimum atomic E-state index is -6.57. The van der Waals surface area contributed by atoms with Crippen molar-refractivity contribution in [2.75, 3.05) is 0 Å². The average Bonchev–Trinajstić information content (AvgIpc) is 2.35. The van der Waals surface area contributed by atoms with Crippen LogP contribution in [0.25, 0.3) is 0 Å². The van der Waals surface area contributed by atoms with Crippen LogP contribution < -0.4 is 0 Å². The molecule has 0 saturated heterocycles. The van der Waals surface area contributed by atoms with E-state index in [0.29, 0.717) is 0 Å². The maximum absolute atomic E-state index is 13.2. The SMILES string of the molecule is FC(F)(F)C(O[C@@H]1[C@H](OC(C(F)(F)F)C(F)(F)F)C(F)(F)C1(F)F)C(F)(F)F. The minimum Gasteiger partial charge on any atom is -0.348 e. The third kappa shape index (κ3) is 4.51. The van der Waals surface area contributed by atoms with E-state index in [9.17, 15) is 70.2 Å². The first kappa shape index (κ1) is 24.8. The molecular formula is C10H4F16O2. The van der Waals surface area contributed by atoms with Gasteiger partial charge in [-0.15, -0.1) is 0 Å². The predicted molar refractivity (Wildman–Crippen MR) is 51.4 cm³/mol. The molecule has 0 N–H and O–H groups in total. The van der Waals surface area contributed by atoms with Gasteiger partial charge in [0.2, 0.25) is 12.2 Å². The summed E-state index contributed by atoms with van der Waals surface area (Å²) in [6.07, 6.45) is -45.6. The fourth-order valence-electron chi connectivity index (χ4n) is 1.95. The molecule has 28 heavy (non-hydrogen) atoms. The van der Waals surface area contributed by atoms with Gasteiger partial charge in [0, 0.05) is 0 Å². The summed E-state index contributed by atoms with van der Waals surface area (Å²) in [7, 11) is 0. The molecule has 0 amide bonds. The van der Waals surface area contributed by atoms with E-state index in [2.05, 4.69) is 9.47 Å². The Bertz CT molecular complexity index is 476. The van der Waals surface area contributed by atoms with E-state index in [1.165, 1.54) is 0 Å². The van der Waals surface area contributed by atoms with E-state index < -0.39 is 61.0 Å². The van der Waals surface area contributed by atoms with Gasteiger partial charge in [-0.25, -0.2) is 0 Å². The van der Waals surface area contributed by atoms with Gasteiger partial charge in [0.25, 0.3) is 0 Å². The van der Waals surface area contributed by atoms with Crippen molar-refractivity contribution in [3.05, 3.63) is 0 Å². The lowest BCUT2D eigenvalue weighted by Crippen LogP contribution is -2.77. The first-order valence-corrected chi connectivity index (χ1v) is 6.28. The van der Waals surface area contributed by atoms with E-state index in [1.54, 1.807) is 0 Å². The molecule has 0 aromatic carbocycles. The summed E-state index contributed by atoms with van der Waals surface area (Å²) in [4.78, 5) is 0. The monoisotopic (exact) mass is 460 g/mol. The number of rotatable bonds is 4. The molecule has 0 heterocycles.